The Hall–Kier alpha value is -4.69. The number of nitrogens with zero attached hydrogens (tertiary/aromatic N) is 2. The molecular formula is C42H16B14N2. The molecule has 2 aliphatic rings. The SMILES string of the molecule is [B]c1c([B])c([B])c(-c2c([B])c([B])c(N3C4=CC=CCC4c4cc(-c5ccc6c(c5)c5ccccc5n6-c5c([B])c([B])c([B])c([B])c5[B])ccc43)c([B])c2[B])c([B])c1[B]. The summed E-state index contributed by atoms with van der Waals surface area (Å²) < 4.78 is 1.98. The molecule has 1 aliphatic heterocycles. The number of hydrogen-bond donors (Lipinski definition) is 0. The molecule has 1 unspecified atom stereocenters. The third kappa shape index (κ3) is 5.38. The zero-order valence-electron chi connectivity index (χ0n) is 31.3. The van der Waals surface area contributed by atoms with Gasteiger partial charge >= 0.3 is 0 Å². The molecule has 6 aromatic carbocycles. The topological polar surface area (TPSA) is 8.17 Å². The molecule has 0 spiro atoms. The van der Waals surface area contributed by atoms with E-state index < -0.39 is 0 Å². The maximum atomic E-state index is 6.91. The molecule has 0 N–H and O–H groups in total. The Labute approximate surface area is 357 Å². The second-order valence-corrected chi connectivity index (χ2v) is 14.7. The minimum absolute atomic E-state index is 0.0260. The molecule has 2 nitrogen and oxygen atoms in total. The lowest BCUT2D eigenvalue weighted by Gasteiger charge is -2.33. The number of benzene rings is 6. The predicted octanol–water partition coefficient (Wildman–Crippen LogP) is -5.69. The van der Waals surface area contributed by atoms with Crippen LogP contribution in [0.3, 0.4) is 0 Å². The molecule has 0 amide bonds. The van der Waals surface area contributed by atoms with Gasteiger partial charge in [-0.25, -0.2) is 0 Å². The molecule has 0 saturated heterocycles. The fourth-order valence-electron chi connectivity index (χ4n) is 8.65. The van der Waals surface area contributed by atoms with Crippen LogP contribution in [0.25, 0.3) is 49.7 Å². The third-order valence-corrected chi connectivity index (χ3v) is 11.7. The summed E-state index contributed by atoms with van der Waals surface area (Å²) in [5.74, 6) is -0.0260. The molecule has 28 radical (unpaired) electrons. The Kier molecular flexibility index (Phi) is 9.34. The maximum Gasteiger partial charge on any atom is 0.115 e. The summed E-state index contributed by atoms with van der Waals surface area (Å²) in [4.78, 5) is 2.02. The number of para-hydroxylation sites is 1. The van der Waals surface area contributed by atoms with Crippen molar-refractivity contribution in [1.29, 1.82) is 0 Å². The van der Waals surface area contributed by atoms with Crippen LogP contribution in [-0.2, 0) is 0 Å². The van der Waals surface area contributed by atoms with E-state index >= 15 is 0 Å². The molecule has 1 aromatic heterocycles. The number of anilines is 2. The first kappa shape index (κ1) is 38.8. The average Bonchev–Trinajstić information content (AvgIpc) is 3.73. The van der Waals surface area contributed by atoms with Gasteiger partial charge in [0.2, 0.25) is 0 Å². The van der Waals surface area contributed by atoms with Gasteiger partial charge in [0.05, 0.1) is 11.0 Å². The molecule has 1 aliphatic carbocycles. The highest BCUT2D eigenvalue weighted by Gasteiger charge is 2.37. The number of rotatable bonds is 4. The molecule has 58 heavy (non-hydrogen) atoms. The van der Waals surface area contributed by atoms with Gasteiger partial charge in [-0.05, 0) is 70.6 Å². The van der Waals surface area contributed by atoms with E-state index in [1.54, 1.807) is 0 Å². The normalized spacial score (nSPS) is 14.6. The summed E-state index contributed by atoms with van der Waals surface area (Å²) in [6, 6.07) is 20.5. The fraction of sp³-hybridized carbons (Fsp3) is 0.0476. The summed E-state index contributed by atoms with van der Waals surface area (Å²) in [6.07, 6.45) is 6.91. The minimum atomic E-state index is -0.0260. The lowest BCUT2D eigenvalue weighted by Crippen LogP contribution is -2.57. The van der Waals surface area contributed by atoms with Crippen molar-refractivity contribution < 1.29 is 0 Å². The van der Waals surface area contributed by atoms with Gasteiger partial charge in [0.1, 0.15) is 110 Å². The largest absolute Gasteiger partial charge is 0.315 e. The van der Waals surface area contributed by atoms with Crippen LogP contribution >= 0.6 is 0 Å². The average molecular weight is 700 g/mol. The molecule has 0 saturated carbocycles. The van der Waals surface area contributed by atoms with Crippen molar-refractivity contribution in [2.75, 3.05) is 4.90 Å². The van der Waals surface area contributed by atoms with E-state index in [9.17, 15) is 0 Å². The Bertz CT molecular complexity index is 2970. The second-order valence-electron chi connectivity index (χ2n) is 14.7. The third-order valence-electron chi connectivity index (χ3n) is 11.7. The monoisotopic (exact) mass is 702 g/mol. The lowest BCUT2D eigenvalue weighted by molar-refractivity contribution is 0.820. The van der Waals surface area contributed by atoms with E-state index in [2.05, 4.69) is 42.5 Å². The van der Waals surface area contributed by atoms with Crippen LogP contribution in [0.2, 0.25) is 0 Å². The molecule has 0 bridgehead atoms. The first-order valence-corrected chi connectivity index (χ1v) is 18.3. The quantitative estimate of drug-likeness (QED) is 0.167. The van der Waals surface area contributed by atoms with Gasteiger partial charge in [0, 0.05) is 39.4 Å². The fourth-order valence-corrected chi connectivity index (χ4v) is 8.65. The number of hydrogen-bond acceptors (Lipinski definition) is 1. The highest BCUT2D eigenvalue weighted by Crippen LogP contribution is 2.51. The summed E-state index contributed by atoms with van der Waals surface area (Å²) in [6.45, 7) is 0. The minimum Gasteiger partial charge on any atom is -0.315 e. The first-order chi connectivity index (χ1) is 27.6. The van der Waals surface area contributed by atoms with Crippen molar-refractivity contribution in [3.8, 4) is 27.9 Å². The van der Waals surface area contributed by atoms with Gasteiger partial charge < -0.3 is 9.47 Å². The van der Waals surface area contributed by atoms with Gasteiger partial charge in [0.15, 0.2) is 0 Å². The number of aromatic nitrogens is 1. The second kappa shape index (κ2) is 14.0. The molecule has 2 heterocycles. The number of fused-ring (bicyclic) bond motifs is 6. The van der Waals surface area contributed by atoms with E-state index in [1.807, 2.05) is 45.9 Å². The maximum absolute atomic E-state index is 6.91. The molecule has 7 aromatic rings. The van der Waals surface area contributed by atoms with Crippen molar-refractivity contribution in [2.24, 2.45) is 0 Å². The van der Waals surface area contributed by atoms with Gasteiger partial charge in [-0.1, -0.05) is 86.2 Å². The van der Waals surface area contributed by atoms with Gasteiger partial charge in [0.25, 0.3) is 0 Å². The molecule has 0 fully saturated rings. The molecule has 16 heteroatoms. The molecule has 236 valence electrons. The first-order valence-electron chi connectivity index (χ1n) is 18.3. The highest BCUT2D eigenvalue weighted by molar-refractivity contribution is 6.71. The van der Waals surface area contributed by atoms with Gasteiger partial charge in [-0.15, -0.1) is 32.8 Å². The van der Waals surface area contributed by atoms with E-state index in [0.29, 0.717) is 11.4 Å². The van der Waals surface area contributed by atoms with Crippen LogP contribution in [0.15, 0.2) is 84.6 Å². The summed E-state index contributed by atoms with van der Waals surface area (Å²) in [7, 11) is 90.7. The Morgan fingerprint density at radius 2 is 0.931 bits per heavy atom. The van der Waals surface area contributed by atoms with E-state index in [4.69, 9.17) is 110 Å². The summed E-state index contributed by atoms with van der Waals surface area (Å²) >= 11 is 0. The van der Waals surface area contributed by atoms with Crippen molar-refractivity contribution in [3.05, 3.63) is 90.2 Å². The standard InChI is InChI=1S/C42H16B14N2/c43-27-25(28(44)32(48)33(49)31(27)47)26-29(45)37(53)41(38(54)30(26)46)57-21-7-3-1-5-17(21)19-13-15(9-11-23(19)57)16-10-12-24-20(14-16)18-6-2-4-8-22(18)58(24)42-39(55)35(51)34(50)36(52)40(42)56/h1-4,6-14,17H,5H2. The summed E-state index contributed by atoms with van der Waals surface area (Å²) in [5, 5.41) is 1.96. The van der Waals surface area contributed by atoms with Gasteiger partial charge in [-0.2, -0.15) is 0 Å². The van der Waals surface area contributed by atoms with E-state index in [0.717, 1.165) is 56.3 Å². The van der Waals surface area contributed by atoms with E-state index in [1.165, 1.54) is 0 Å². The Morgan fingerprint density at radius 1 is 0.448 bits per heavy atom. The van der Waals surface area contributed by atoms with Crippen LogP contribution in [0.4, 0.5) is 11.4 Å². The van der Waals surface area contributed by atoms with Crippen LogP contribution in [0, 0.1) is 0 Å². The Morgan fingerprint density at radius 3 is 1.55 bits per heavy atom. The van der Waals surface area contributed by atoms with Crippen molar-refractivity contribution in [1.82, 2.24) is 4.57 Å². The van der Waals surface area contributed by atoms with Crippen LogP contribution < -0.4 is 81.4 Å². The Balaban J connectivity index is 1.20. The zero-order valence-corrected chi connectivity index (χ0v) is 31.3. The molecule has 1 atom stereocenters. The molecular weight excluding hydrogens is 684 g/mol. The van der Waals surface area contributed by atoms with Crippen LogP contribution in [0.5, 0.6) is 0 Å². The van der Waals surface area contributed by atoms with Crippen LogP contribution in [0.1, 0.15) is 17.9 Å². The summed E-state index contributed by atoms with van der Waals surface area (Å²) in [5.41, 5.74) is 9.79. The van der Waals surface area contributed by atoms with Crippen LogP contribution in [-0.4, -0.2) is 114 Å². The van der Waals surface area contributed by atoms with E-state index in [-0.39, 0.29) is 93.5 Å². The number of allylic oxidation sites excluding steroid dienone is 4. The highest BCUT2D eigenvalue weighted by atomic mass is 15.2. The van der Waals surface area contributed by atoms with Crippen molar-refractivity contribution in [2.45, 2.75) is 12.3 Å². The lowest BCUT2D eigenvalue weighted by atomic mass is 9.56. The predicted molar refractivity (Wildman–Crippen MR) is 260 cm³/mol. The smallest absolute Gasteiger partial charge is 0.115 e. The van der Waals surface area contributed by atoms with Crippen molar-refractivity contribution in [3.63, 3.8) is 0 Å². The molecule has 9 rings (SSSR count). The zero-order chi connectivity index (χ0) is 41.2. The van der Waals surface area contributed by atoms with Gasteiger partial charge in [-0.3, -0.25) is 0 Å². The van der Waals surface area contributed by atoms with Crippen molar-refractivity contribution >= 4 is 220 Å².